The summed E-state index contributed by atoms with van der Waals surface area (Å²) in [6, 6.07) is 17.1. The monoisotopic (exact) mass is 498 g/mol. The van der Waals surface area contributed by atoms with E-state index < -0.39 is 0 Å². The minimum atomic E-state index is -0.0265. The molecule has 0 amide bonds. The Morgan fingerprint density at radius 1 is 1.05 bits per heavy atom. The molecule has 1 atom stereocenters. The number of nitrogens with zero attached hydrogens (tertiary/aromatic N) is 5. The number of aromatic nitrogens is 5. The van der Waals surface area contributed by atoms with Crippen molar-refractivity contribution in [2.75, 3.05) is 0 Å². The quantitative estimate of drug-likeness (QED) is 0.298. The summed E-state index contributed by atoms with van der Waals surface area (Å²) in [6.45, 7) is 7.59. The molecule has 0 aliphatic heterocycles. The van der Waals surface area contributed by atoms with Crippen LogP contribution in [0.15, 0.2) is 53.3 Å². The summed E-state index contributed by atoms with van der Waals surface area (Å²) in [5.74, 6) is 0.924. The van der Waals surface area contributed by atoms with Gasteiger partial charge in [-0.05, 0) is 71.7 Å². The third-order valence-electron chi connectivity index (χ3n) is 7.97. The predicted molar refractivity (Wildman–Crippen MR) is 147 cm³/mol. The van der Waals surface area contributed by atoms with Crippen LogP contribution in [0.25, 0.3) is 10.9 Å². The van der Waals surface area contributed by atoms with E-state index in [9.17, 15) is 4.79 Å². The average molecular weight is 499 g/mol. The second kappa shape index (κ2) is 11.4. The van der Waals surface area contributed by atoms with Crippen LogP contribution in [-0.4, -0.2) is 30.1 Å². The fraction of sp³-hybridized carbons (Fsp3) is 0.467. The first-order valence-corrected chi connectivity index (χ1v) is 13.7. The van der Waals surface area contributed by atoms with Gasteiger partial charge in [0.15, 0.2) is 5.82 Å². The average Bonchev–Trinajstić information content (AvgIpc) is 3.41. The number of rotatable bonds is 9. The van der Waals surface area contributed by atoms with Crippen molar-refractivity contribution in [1.82, 2.24) is 30.1 Å². The Balaban J connectivity index is 1.55. The molecule has 1 fully saturated rings. The Hall–Kier alpha value is -3.32. The van der Waals surface area contributed by atoms with Gasteiger partial charge < -0.3 is 4.98 Å². The molecular formula is C30H38N6O. The summed E-state index contributed by atoms with van der Waals surface area (Å²) >= 11 is 0. The van der Waals surface area contributed by atoms with Gasteiger partial charge in [0.1, 0.15) is 0 Å². The molecule has 1 aliphatic carbocycles. The molecule has 1 N–H and O–H groups in total. The number of H-pyrrole nitrogens is 1. The highest BCUT2D eigenvalue weighted by Gasteiger charge is 2.29. The minimum Gasteiger partial charge on any atom is -0.321 e. The number of tetrazole rings is 1. The Labute approximate surface area is 218 Å². The summed E-state index contributed by atoms with van der Waals surface area (Å²) in [4.78, 5) is 18.9. The maximum atomic E-state index is 13.3. The fourth-order valence-electron chi connectivity index (χ4n) is 5.75. The van der Waals surface area contributed by atoms with Crippen LogP contribution in [0.4, 0.5) is 0 Å². The number of aromatic amines is 1. The van der Waals surface area contributed by atoms with Crippen LogP contribution in [0.3, 0.4) is 0 Å². The highest BCUT2D eigenvalue weighted by Crippen LogP contribution is 2.33. The van der Waals surface area contributed by atoms with Crippen molar-refractivity contribution >= 4 is 10.9 Å². The lowest BCUT2D eigenvalue weighted by molar-refractivity contribution is 0.150. The lowest BCUT2D eigenvalue weighted by Crippen LogP contribution is -2.33. The Kier molecular flexibility index (Phi) is 7.79. The van der Waals surface area contributed by atoms with Crippen molar-refractivity contribution in [3.63, 3.8) is 0 Å². The van der Waals surface area contributed by atoms with E-state index in [4.69, 9.17) is 0 Å². The molecule has 1 saturated carbocycles. The van der Waals surface area contributed by atoms with Gasteiger partial charge in [-0.1, -0.05) is 75.1 Å². The number of benzene rings is 2. The second-order valence-corrected chi connectivity index (χ2v) is 10.6. The lowest BCUT2D eigenvalue weighted by atomic mass is 9.95. The molecule has 5 rings (SSSR count). The molecule has 0 unspecified atom stereocenters. The van der Waals surface area contributed by atoms with Crippen molar-refractivity contribution < 1.29 is 0 Å². The number of nitrogens with one attached hydrogen (secondary N) is 1. The molecule has 194 valence electrons. The van der Waals surface area contributed by atoms with Gasteiger partial charge in [-0.2, -0.15) is 0 Å². The van der Waals surface area contributed by atoms with Gasteiger partial charge in [-0.3, -0.25) is 9.69 Å². The molecule has 2 aromatic carbocycles. The third-order valence-corrected chi connectivity index (χ3v) is 7.97. The van der Waals surface area contributed by atoms with E-state index in [1.54, 1.807) is 0 Å². The van der Waals surface area contributed by atoms with Crippen LogP contribution < -0.4 is 5.56 Å². The molecule has 0 saturated heterocycles. The predicted octanol–water partition coefficient (Wildman–Crippen LogP) is 6.18. The summed E-state index contributed by atoms with van der Waals surface area (Å²) in [7, 11) is 0. The normalized spacial score (nSPS) is 15.5. The van der Waals surface area contributed by atoms with Gasteiger partial charge in [0, 0.05) is 18.7 Å². The van der Waals surface area contributed by atoms with Crippen LogP contribution in [0, 0.1) is 13.8 Å². The molecule has 2 aromatic heterocycles. The Morgan fingerprint density at radius 3 is 2.59 bits per heavy atom. The van der Waals surface area contributed by atoms with Gasteiger partial charge in [0.25, 0.3) is 5.56 Å². The van der Waals surface area contributed by atoms with E-state index in [1.807, 2.05) is 6.07 Å². The van der Waals surface area contributed by atoms with E-state index in [2.05, 4.69) is 93.3 Å². The molecule has 4 aromatic rings. The summed E-state index contributed by atoms with van der Waals surface area (Å²) in [6.07, 6.45) is 7.90. The Morgan fingerprint density at radius 2 is 1.84 bits per heavy atom. The first-order valence-electron chi connectivity index (χ1n) is 13.7. The number of hydrogen-bond donors (Lipinski definition) is 1. The first kappa shape index (κ1) is 25.3. The van der Waals surface area contributed by atoms with Crippen LogP contribution in [0.1, 0.15) is 92.0 Å². The molecule has 0 bridgehead atoms. The number of fused-ring (bicyclic) bond motifs is 1. The smallest absolute Gasteiger partial charge is 0.252 e. The van der Waals surface area contributed by atoms with Gasteiger partial charge in [-0.15, -0.1) is 5.10 Å². The SMILES string of the molecule is CCC[C@@H](c1nnnn1C1CCCCC1)N(Cc1ccccc1)Cc1cc2ccc(C)c(C)c2[nH]c1=O. The standard InChI is InChI=1S/C30H38N6O/c1-4-11-27(29-32-33-34-36(29)26-14-9-6-10-15-26)35(19-23-12-7-5-8-13-23)20-25-18-24-17-16-21(2)22(3)28(24)31-30(25)37/h5,7-8,12-13,16-18,26-27H,4,6,9-11,14-15,19-20H2,1-3H3,(H,31,37)/t27-/m0/s1. The summed E-state index contributed by atoms with van der Waals surface area (Å²) < 4.78 is 2.09. The maximum Gasteiger partial charge on any atom is 0.252 e. The van der Waals surface area contributed by atoms with Crippen molar-refractivity contribution in [2.24, 2.45) is 0 Å². The highest BCUT2D eigenvalue weighted by molar-refractivity contribution is 5.83. The maximum absolute atomic E-state index is 13.3. The highest BCUT2D eigenvalue weighted by atomic mass is 16.1. The van der Waals surface area contributed by atoms with E-state index >= 15 is 0 Å². The largest absolute Gasteiger partial charge is 0.321 e. The molecule has 1 aliphatic rings. The van der Waals surface area contributed by atoms with Crippen LogP contribution >= 0.6 is 0 Å². The molecule has 7 heteroatoms. The van der Waals surface area contributed by atoms with Crippen LogP contribution in [0.2, 0.25) is 0 Å². The van der Waals surface area contributed by atoms with Gasteiger partial charge in [-0.25, -0.2) is 4.68 Å². The fourth-order valence-corrected chi connectivity index (χ4v) is 5.75. The van der Waals surface area contributed by atoms with Gasteiger partial charge in [0.2, 0.25) is 0 Å². The van der Waals surface area contributed by atoms with Gasteiger partial charge in [0.05, 0.1) is 17.6 Å². The van der Waals surface area contributed by atoms with Crippen LogP contribution in [0.5, 0.6) is 0 Å². The van der Waals surface area contributed by atoms with Crippen LogP contribution in [-0.2, 0) is 13.1 Å². The van der Waals surface area contributed by atoms with E-state index in [0.717, 1.165) is 53.5 Å². The van der Waals surface area contributed by atoms with E-state index in [1.165, 1.54) is 30.4 Å². The van der Waals surface area contributed by atoms with E-state index in [0.29, 0.717) is 19.1 Å². The molecule has 0 spiro atoms. The Bertz CT molecular complexity index is 1390. The van der Waals surface area contributed by atoms with Crippen molar-refractivity contribution in [1.29, 1.82) is 0 Å². The molecule has 37 heavy (non-hydrogen) atoms. The third kappa shape index (κ3) is 5.52. The van der Waals surface area contributed by atoms with Crippen molar-refractivity contribution in [2.45, 2.75) is 90.9 Å². The number of hydrogen-bond acceptors (Lipinski definition) is 5. The summed E-state index contributed by atoms with van der Waals surface area (Å²) in [5, 5.41) is 14.3. The number of pyridine rings is 1. The molecular weight excluding hydrogens is 460 g/mol. The first-order chi connectivity index (χ1) is 18.0. The topological polar surface area (TPSA) is 79.7 Å². The zero-order chi connectivity index (χ0) is 25.8. The zero-order valence-electron chi connectivity index (χ0n) is 22.3. The summed E-state index contributed by atoms with van der Waals surface area (Å²) in [5.41, 5.74) is 5.18. The van der Waals surface area contributed by atoms with E-state index in [-0.39, 0.29) is 11.6 Å². The van der Waals surface area contributed by atoms with Gasteiger partial charge >= 0.3 is 0 Å². The molecule has 0 radical (unpaired) electrons. The second-order valence-electron chi connectivity index (χ2n) is 10.6. The zero-order valence-corrected chi connectivity index (χ0v) is 22.3. The molecule has 7 nitrogen and oxygen atoms in total. The molecule has 2 heterocycles. The van der Waals surface area contributed by atoms with Crippen molar-refractivity contribution in [3.05, 3.63) is 87.0 Å². The van der Waals surface area contributed by atoms with Crippen molar-refractivity contribution in [3.8, 4) is 0 Å². The lowest BCUT2D eigenvalue weighted by Gasteiger charge is -2.32. The minimum absolute atomic E-state index is 0.0111. The number of aryl methyl sites for hydroxylation is 2.